The van der Waals surface area contributed by atoms with Crippen LogP contribution in [-0.4, -0.2) is 130 Å². The first kappa shape index (κ1) is 42.7. The normalized spacial score (nSPS) is 21.1. The van der Waals surface area contributed by atoms with E-state index in [4.69, 9.17) is 4.74 Å². The highest BCUT2D eigenvalue weighted by molar-refractivity contribution is 6.25. The van der Waals surface area contributed by atoms with Gasteiger partial charge in [0.25, 0.3) is 17.7 Å². The fraction of sp³-hybridized carbons (Fsp3) is 0.500. The Morgan fingerprint density at radius 1 is 0.984 bits per heavy atom. The van der Waals surface area contributed by atoms with E-state index in [0.717, 1.165) is 67.5 Å². The largest absolute Gasteiger partial charge is 0.384 e. The fourth-order valence-electron chi connectivity index (χ4n) is 8.94. The first-order valence-corrected chi connectivity index (χ1v) is 21.6. The van der Waals surface area contributed by atoms with Gasteiger partial charge in [-0.1, -0.05) is 12.5 Å². The van der Waals surface area contributed by atoms with Crippen LogP contribution in [0.25, 0.3) is 10.9 Å². The van der Waals surface area contributed by atoms with E-state index in [1.54, 1.807) is 36.7 Å². The first-order valence-electron chi connectivity index (χ1n) is 21.6. The molecule has 1 unspecified atom stereocenters. The number of hydrogen-bond donors (Lipinski definition) is 4. The van der Waals surface area contributed by atoms with Crippen molar-refractivity contribution in [1.29, 1.82) is 0 Å². The van der Waals surface area contributed by atoms with E-state index in [1.807, 2.05) is 17.2 Å². The van der Waals surface area contributed by atoms with Gasteiger partial charge in [0.2, 0.25) is 17.8 Å². The number of aromatic nitrogens is 4. The van der Waals surface area contributed by atoms with Gasteiger partial charge >= 0.3 is 0 Å². The summed E-state index contributed by atoms with van der Waals surface area (Å²) in [4.78, 5) is 83.2. The molecule has 0 aliphatic carbocycles. The summed E-state index contributed by atoms with van der Waals surface area (Å²) in [6, 6.07) is 7.89. The third kappa shape index (κ3) is 8.97. The average Bonchev–Trinajstić information content (AvgIpc) is 3.77. The maximum atomic E-state index is 14.6. The number of rotatable bonds is 15. The van der Waals surface area contributed by atoms with E-state index in [9.17, 15) is 28.4 Å². The van der Waals surface area contributed by atoms with Gasteiger partial charge in [-0.2, -0.15) is 4.98 Å². The van der Waals surface area contributed by atoms with Crippen molar-refractivity contribution in [1.82, 2.24) is 40.0 Å². The number of nitrogens with zero attached hydrogens (tertiary/aromatic N) is 7. The molecule has 17 nitrogen and oxygen atoms in total. The van der Waals surface area contributed by atoms with E-state index in [-0.39, 0.29) is 48.5 Å². The third-order valence-electron chi connectivity index (χ3n) is 12.3. The first-order chi connectivity index (χ1) is 30.0. The number of likely N-dealkylation sites (tertiary alicyclic amines) is 1. The Morgan fingerprint density at radius 3 is 2.56 bits per heavy atom. The minimum atomic E-state index is -1.13. The topological polar surface area (TPSA) is 196 Å². The number of imide groups is 2. The number of fused-ring (bicyclic) bond motifs is 2. The van der Waals surface area contributed by atoms with Crippen molar-refractivity contribution in [3.05, 3.63) is 65.6 Å². The molecule has 328 valence electrons. The van der Waals surface area contributed by atoms with Crippen molar-refractivity contribution < 1.29 is 33.1 Å². The molecule has 18 heteroatoms. The summed E-state index contributed by atoms with van der Waals surface area (Å²) in [6.45, 7) is 8.22. The van der Waals surface area contributed by atoms with Crippen molar-refractivity contribution in [2.45, 2.75) is 95.6 Å². The van der Waals surface area contributed by atoms with Crippen LogP contribution in [-0.2, 0) is 14.3 Å². The zero-order valence-electron chi connectivity index (χ0n) is 35.4. The molecule has 0 radical (unpaired) electrons. The number of anilines is 4. The number of unbranched alkanes of at least 4 members (excludes halogenated alkanes) is 2. The predicted octanol–water partition coefficient (Wildman–Crippen LogP) is 4.59. The lowest BCUT2D eigenvalue weighted by molar-refractivity contribution is -0.136. The highest BCUT2D eigenvalue weighted by atomic mass is 19.1. The number of methoxy groups -OCH3 is 1. The van der Waals surface area contributed by atoms with Crippen molar-refractivity contribution in [3.63, 3.8) is 0 Å². The Labute approximate surface area is 359 Å². The number of hydrogen-bond acceptors (Lipinski definition) is 13. The summed E-state index contributed by atoms with van der Waals surface area (Å²) >= 11 is 0. The Balaban J connectivity index is 0.789. The molecule has 8 rings (SSSR count). The average molecular weight is 852 g/mol. The standard InChI is InChI=1S/C44H54FN11O6/c1-26(2)55-24-30(29-23-48-37(22-34(29)55)50-36-12-17-47-44(51-36)54-21-15-35(62-3)31(45)25-54)40(58)49-27-13-19-53(20-14-27)18-6-4-5-16-46-32-9-7-8-28-39(32)43(61)56(42(28)60)33-10-11-38(57)52-41(33)59/h7-9,12,17,22-24,26-27,31,33,35,46H,4-6,10-11,13-16,18-21,25H2,1-3H3,(H,49,58)(H,52,57,59)(H,47,48,50,51)/t31-,33?,35+/m0/s1. The Kier molecular flexibility index (Phi) is 12.8. The van der Waals surface area contributed by atoms with Gasteiger partial charge in [-0.25, -0.2) is 14.4 Å². The summed E-state index contributed by atoms with van der Waals surface area (Å²) in [6.07, 6.45) is 8.98. The SMILES string of the molecule is CO[C@@H]1CCN(c2nccc(Nc3cc4c(cn3)c(C(=O)NC3CCN(CCCCCNc5cccc6c5C(=O)N(C5CCC(=O)NC5=O)C6=O)CC3)cn4C(C)C)n2)C[C@@H]1F. The summed E-state index contributed by atoms with van der Waals surface area (Å²) in [5.41, 5.74) is 2.54. The zero-order chi connectivity index (χ0) is 43.5. The minimum absolute atomic E-state index is 0.0577. The van der Waals surface area contributed by atoms with Crippen LogP contribution in [0.3, 0.4) is 0 Å². The lowest BCUT2D eigenvalue weighted by atomic mass is 10.0. The van der Waals surface area contributed by atoms with Gasteiger partial charge in [0.05, 0.1) is 34.9 Å². The number of amides is 5. The molecule has 0 bridgehead atoms. The summed E-state index contributed by atoms with van der Waals surface area (Å²) in [5.74, 6) is -0.662. The molecule has 5 amide bonds. The third-order valence-corrected chi connectivity index (χ3v) is 12.3. The van der Waals surface area contributed by atoms with Crippen LogP contribution in [0.2, 0.25) is 0 Å². The number of ether oxygens (including phenoxy) is 1. The highest BCUT2D eigenvalue weighted by Gasteiger charge is 2.45. The molecular weight excluding hydrogens is 798 g/mol. The van der Waals surface area contributed by atoms with E-state index in [2.05, 4.69) is 59.5 Å². The van der Waals surface area contributed by atoms with Crippen LogP contribution >= 0.6 is 0 Å². The van der Waals surface area contributed by atoms with Crippen molar-refractivity contribution in [2.24, 2.45) is 0 Å². The van der Waals surface area contributed by atoms with Gasteiger partial charge in [0, 0.05) is 87.5 Å². The molecule has 4 aliphatic heterocycles. The molecule has 4 aliphatic rings. The Hall–Kier alpha value is -6.01. The lowest BCUT2D eigenvalue weighted by Gasteiger charge is -2.33. The zero-order valence-corrected chi connectivity index (χ0v) is 35.4. The molecule has 3 saturated heterocycles. The molecule has 1 aromatic carbocycles. The predicted molar refractivity (Wildman–Crippen MR) is 230 cm³/mol. The second-order valence-corrected chi connectivity index (χ2v) is 16.8. The van der Waals surface area contributed by atoms with Gasteiger partial charge < -0.3 is 35.1 Å². The van der Waals surface area contributed by atoms with Crippen LogP contribution in [0.1, 0.15) is 102 Å². The van der Waals surface area contributed by atoms with Crippen molar-refractivity contribution in [2.75, 3.05) is 61.9 Å². The molecule has 0 saturated carbocycles. The van der Waals surface area contributed by atoms with E-state index < -0.39 is 41.9 Å². The fourth-order valence-corrected chi connectivity index (χ4v) is 8.94. The van der Waals surface area contributed by atoms with Crippen LogP contribution in [0.4, 0.5) is 27.7 Å². The minimum Gasteiger partial charge on any atom is -0.384 e. The van der Waals surface area contributed by atoms with E-state index in [0.29, 0.717) is 48.3 Å². The van der Waals surface area contributed by atoms with Crippen LogP contribution in [0.15, 0.2) is 48.9 Å². The molecule has 4 N–H and O–H groups in total. The molecule has 3 fully saturated rings. The molecule has 4 aromatic rings. The summed E-state index contributed by atoms with van der Waals surface area (Å²) in [7, 11) is 1.53. The number of benzene rings is 1. The number of carbonyl (C=O) groups excluding carboxylic acids is 5. The second-order valence-electron chi connectivity index (χ2n) is 16.8. The number of piperidine rings is 3. The maximum absolute atomic E-state index is 14.6. The van der Waals surface area contributed by atoms with Gasteiger partial charge in [-0.15, -0.1) is 0 Å². The number of nitrogens with one attached hydrogen (secondary N) is 4. The maximum Gasteiger partial charge on any atom is 0.264 e. The molecule has 7 heterocycles. The molecular formula is C44H54FN11O6. The molecule has 3 atom stereocenters. The molecule has 0 spiro atoms. The van der Waals surface area contributed by atoms with Gasteiger partial charge in [0.1, 0.15) is 23.8 Å². The van der Waals surface area contributed by atoms with Gasteiger partial charge in [0.15, 0.2) is 0 Å². The Bertz CT molecular complexity index is 2350. The van der Waals surface area contributed by atoms with Gasteiger partial charge in [-0.3, -0.25) is 34.2 Å². The van der Waals surface area contributed by atoms with E-state index >= 15 is 0 Å². The van der Waals surface area contributed by atoms with Gasteiger partial charge in [-0.05, 0) is 77.1 Å². The van der Waals surface area contributed by atoms with Crippen molar-refractivity contribution >= 4 is 63.7 Å². The van der Waals surface area contributed by atoms with Crippen LogP contribution in [0.5, 0.6) is 0 Å². The smallest absolute Gasteiger partial charge is 0.264 e. The molecule has 62 heavy (non-hydrogen) atoms. The van der Waals surface area contributed by atoms with Crippen LogP contribution in [0, 0.1) is 0 Å². The Morgan fingerprint density at radius 2 is 1.81 bits per heavy atom. The summed E-state index contributed by atoms with van der Waals surface area (Å²) in [5, 5.41) is 12.9. The second kappa shape index (κ2) is 18.5. The van der Waals surface area contributed by atoms with Crippen LogP contribution < -0.4 is 26.2 Å². The molecule has 3 aromatic heterocycles. The van der Waals surface area contributed by atoms with E-state index in [1.165, 1.54) is 7.11 Å². The number of carbonyl (C=O) groups is 5. The quantitative estimate of drug-likeness (QED) is 0.0959. The number of pyridine rings is 1. The van der Waals surface area contributed by atoms with Crippen molar-refractivity contribution in [3.8, 4) is 0 Å². The number of halogens is 1. The highest BCUT2D eigenvalue weighted by Crippen LogP contribution is 2.33. The number of alkyl halides is 1. The monoisotopic (exact) mass is 851 g/mol. The summed E-state index contributed by atoms with van der Waals surface area (Å²) < 4.78 is 21.9. The lowest BCUT2D eigenvalue weighted by Crippen LogP contribution is -2.54.